The first kappa shape index (κ1) is 14.9. The number of rotatable bonds is 3. The Hall–Kier alpha value is -2.70. The minimum Gasteiger partial charge on any atom is -0.454 e. The van der Waals surface area contributed by atoms with E-state index in [2.05, 4.69) is 10.5 Å². The Morgan fingerprint density at radius 2 is 2.21 bits per heavy atom. The maximum atomic E-state index is 12.7. The molecule has 1 saturated heterocycles. The van der Waals surface area contributed by atoms with E-state index in [4.69, 9.17) is 14.0 Å². The lowest BCUT2D eigenvalue weighted by Crippen LogP contribution is -2.34. The van der Waals surface area contributed by atoms with E-state index in [-0.39, 0.29) is 18.9 Å². The lowest BCUT2D eigenvalue weighted by molar-refractivity contribution is 0.174. The molecule has 1 N–H and O–H groups in total. The number of hydrogen-bond acceptors (Lipinski definition) is 5. The number of urea groups is 1. The van der Waals surface area contributed by atoms with Gasteiger partial charge in [0.05, 0.1) is 11.7 Å². The first-order chi connectivity index (χ1) is 11.7. The number of carbonyl (C=O) groups excluding carboxylic acids is 1. The largest absolute Gasteiger partial charge is 0.454 e. The first-order valence-electron chi connectivity index (χ1n) is 8.17. The van der Waals surface area contributed by atoms with Crippen molar-refractivity contribution in [1.82, 2.24) is 10.1 Å². The molecule has 0 saturated carbocycles. The molecule has 0 spiro atoms. The van der Waals surface area contributed by atoms with Gasteiger partial charge in [0.2, 0.25) is 6.79 Å². The van der Waals surface area contributed by atoms with Gasteiger partial charge in [0, 0.05) is 24.4 Å². The van der Waals surface area contributed by atoms with Gasteiger partial charge in [0.1, 0.15) is 0 Å². The van der Waals surface area contributed by atoms with E-state index in [9.17, 15) is 4.79 Å². The molecule has 0 aliphatic carbocycles. The van der Waals surface area contributed by atoms with Gasteiger partial charge in [-0.25, -0.2) is 4.79 Å². The quantitative estimate of drug-likeness (QED) is 0.934. The molecule has 1 aromatic heterocycles. The normalized spacial score (nSPS) is 18.9. The van der Waals surface area contributed by atoms with Gasteiger partial charge in [-0.2, -0.15) is 0 Å². The molecule has 2 aliphatic rings. The molecule has 24 heavy (non-hydrogen) atoms. The van der Waals surface area contributed by atoms with Gasteiger partial charge in [-0.1, -0.05) is 12.1 Å². The smallest absolute Gasteiger partial charge is 0.322 e. The maximum Gasteiger partial charge on any atom is 0.322 e. The average Bonchev–Trinajstić information content (AvgIpc) is 3.32. The zero-order valence-corrected chi connectivity index (χ0v) is 13.4. The van der Waals surface area contributed by atoms with E-state index in [1.165, 1.54) is 0 Å². The predicted molar refractivity (Wildman–Crippen MR) is 86.1 cm³/mol. The van der Waals surface area contributed by atoms with Crippen molar-refractivity contribution < 1.29 is 18.8 Å². The molecule has 0 radical (unpaired) electrons. The Bertz CT molecular complexity index is 758. The van der Waals surface area contributed by atoms with E-state index >= 15 is 0 Å². The van der Waals surface area contributed by atoms with Gasteiger partial charge in [0.25, 0.3) is 0 Å². The molecule has 0 bridgehead atoms. The molecule has 4 rings (SSSR count). The minimum atomic E-state index is -0.147. The van der Waals surface area contributed by atoms with Crippen molar-refractivity contribution in [3.05, 3.63) is 35.7 Å². The molecule has 7 heteroatoms. The Morgan fingerprint density at radius 1 is 1.33 bits per heavy atom. The highest BCUT2D eigenvalue weighted by molar-refractivity contribution is 5.90. The van der Waals surface area contributed by atoms with Gasteiger partial charge in [-0.05, 0) is 31.4 Å². The Balaban J connectivity index is 1.48. The van der Waals surface area contributed by atoms with Gasteiger partial charge < -0.3 is 24.2 Å². The minimum absolute atomic E-state index is 0.0631. The number of amides is 2. The van der Waals surface area contributed by atoms with E-state index in [0.29, 0.717) is 23.7 Å². The number of fused-ring (bicyclic) bond motifs is 1. The van der Waals surface area contributed by atoms with Crippen molar-refractivity contribution in [2.45, 2.75) is 32.2 Å². The van der Waals surface area contributed by atoms with Gasteiger partial charge in [-0.15, -0.1) is 0 Å². The monoisotopic (exact) mass is 329 g/mol. The number of nitrogens with one attached hydrogen (secondary N) is 1. The Kier molecular flexibility index (Phi) is 3.76. The van der Waals surface area contributed by atoms with Gasteiger partial charge >= 0.3 is 6.03 Å². The second kappa shape index (κ2) is 6.07. The third-order valence-electron chi connectivity index (χ3n) is 4.41. The summed E-state index contributed by atoms with van der Waals surface area (Å²) in [6.45, 7) is 2.94. The van der Waals surface area contributed by atoms with Gasteiger partial charge in [-0.3, -0.25) is 0 Å². The number of ether oxygens (including phenoxy) is 2. The third-order valence-corrected chi connectivity index (χ3v) is 4.41. The zero-order valence-electron chi connectivity index (χ0n) is 13.4. The van der Waals surface area contributed by atoms with E-state index in [1.54, 1.807) is 23.1 Å². The first-order valence-corrected chi connectivity index (χ1v) is 8.17. The van der Waals surface area contributed by atoms with Crippen LogP contribution in [0, 0.1) is 0 Å². The second-order valence-corrected chi connectivity index (χ2v) is 5.92. The van der Waals surface area contributed by atoms with Crippen LogP contribution in [0.4, 0.5) is 10.5 Å². The average molecular weight is 329 g/mol. The molecular formula is C17H19N3O4. The van der Waals surface area contributed by atoms with Crippen LogP contribution in [0.15, 0.2) is 28.8 Å². The summed E-state index contributed by atoms with van der Waals surface area (Å²) in [7, 11) is 0. The molecule has 1 atom stereocenters. The predicted octanol–water partition coefficient (Wildman–Crippen LogP) is 3.33. The summed E-state index contributed by atoms with van der Waals surface area (Å²) in [6.07, 6.45) is 2.65. The number of hydrogen-bond donors (Lipinski definition) is 1. The topological polar surface area (TPSA) is 76.8 Å². The zero-order chi connectivity index (χ0) is 16.5. The van der Waals surface area contributed by atoms with Crippen LogP contribution >= 0.6 is 0 Å². The standard InChI is InChI=1S/C17H19N3O4/c1-2-11-8-15(24-19-11)13-4-3-7-20(13)17(21)18-12-5-6-14-16(9-12)23-10-22-14/h5-6,8-9,13H,2-4,7,10H2,1H3,(H,18,21). The highest BCUT2D eigenvalue weighted by atomic mass is 16.7. The molecule has 2 aliphatic heterocycles. The van der Waals surface area contributed by atoms with E-state index in [1.807, 2.05) is 13.0 Å². The number of likely N-dealkylation sites (tertiary alicyclic amines) is 1. The number of aromatic nitrogens is 1. The lowest BCUT2D eigenvalue weighted by atomic mass is 10.1. The van der Waals surface area contributed by atoms with Crippen LogP contribution in [0.3, 0.4) is 0 Å². The summed E-state index contributed by atoms with van der Waals surface area (Å²) in [5.74, 6) is 2.10. The maximum absolute atomic E-state index is 12.7. The molecule has 126 valence electrons. The highest BCUT2D eigenvalue weighted by Gasteiger charge is 2.33. The third kappa shape index (κ3) is 2.66. The second-order valence-electron chi connectivity index (χ2n) is 5.92. The Morgan fingerprint density at radius 3 is 3.04 bits per heavy atom. The molecule has 2 aromatic rings. The number of anilines is 1. The van der Waals surface area contributed by atoms with Crippen molar-refractivity contribution in [2.75, 3.05) is 18.7 Å². The van der Waals surface area contributed by atoms with Crippen LogP contribution in [0.1, 0.15) is 37.3 Å². The Labute approximate surface area is 139 Å². The molecule has 3 heterocycles. The fourth-order valence-electron chi connectivity index (χ4n) is 3.13. The fourth-order valence-corrected chi connectivity index (χ4v) is 3.13. The number of nitrogens with zero attached hydrogens (tertiary/aromatic N) is 2. The van der Waals surface area contributed by atoms with Crippen LogP contribution in [-0.2, 0) is 6.42 Å². The van der Waals surface area contributed by atoms with Crippen molar-refractivity contribution in [3.63, 3.8) is 0 Å². The number of aryl methyl sites for hydroxylation is 1. The van der Waals surface area contributed by atoms with E-state index in [0.717, 1.165) is 30.7 Å². The molecule has 2 amide bonds. The van der Waals surface area contributed by atoms with Crippen molar-refractivity contribution in [1.29, 1.82) is 0 Å². The summed E-state index contributed by atoms with van der Waals surface area (Å²) in [6, 6.07) is 7.10. The highest BCUT2D eigenvalue weighted by Crippen LogP contribution is 2.36. The lowest BCUT2D eigenvalue weighted by Gasteiger charge is -2.23. The van der Waals surface area contributed by atoms with Crippen LogP contribution in [0.5, 0.6) is 11.5 Å². The van der Waals surface area contributed by atoms with Crippen LogP contribution in [0.25, 0.3) is 0 Å². The summed E-state index contributed by atoms with van der Waals surface area (Å²) in [4.78, 5) is 14.5. The summed E-state index contributed by atoms with van der Waals surface area (Å²) in [5, 5.41) is 6.96. The van der Waals surface area contributed by atoms with Crippen LogP contribution in [0.2, 0.25) is 0 Å². The van der Waals surface area contributed by atoms with Gasteiger partial charge in [0.15, 0.2) is 17.3 Å². The molecule has 7 nitrogen and oxygen atoms in total. The van der Waals surface area contributed by atoms with Crippen LogP contribution < -0.4 is 14.8 Å². The summed E-state index contributed by atoms with van der Waals surface area (Å²) in [5.41, 5.74) is 1.59. The SMILES string of the molecule is CCc1cc(C2CCCN2C(=O)Nc2ccc3c(c2)OCO3)on1. The van der Waals surface area contributed by atoms with E-state index < -0.39 is 0 Å². The number of benzene rings is 1. The molecular weight excluding hydrogens is 310 g/mol. The van der Waals surface area contributed by atoms with Crippen molar-refractivity contribution in [2.24, 2.45) is 0 Å². The van der Waals surface area contributed by atoms with Crippen molar-refractivity contribution in [3.8, 4) is 11.5 Å². The summed E-state index contributed by atoms with van der Waals surface area (Å²) >= 11 is 0. The van der Waals surface area contributed by atoms with Crippen molar-refractivity contribution >= 4 is 11.7 Å². The fraction of sp³-hybridized carbons (Fsp3) is 0.412. The molecule has 1 aromatic carbocycles. The molecule has 1 fully saturated rings. The number of carbonyl (C=O) groups is 1. The van der Waals surface area contributed by atoms with Crippen LogP contribution in [-0.4, -0.2) is 29.4 Å². The summed E-state index contributed by atoms with van der Waals surface area (Å²) < 4.78 is 16.0. The molecule has 1 unspecified atom stereocenters.